The Hall–Kier alpha value is -2.07. The molecule has 9 nitrogen and oxygen atoms in total. The highest BCUT2D eigenvalue weighted by atomic mass is 32.2. The lowest BCUT2D eigenvalue weighted by Crippen LogP contribution is -2.44. The Bertz CT molecular complexity index is 935. The van der Waals surface area contributed by atoms with Crippen molar-refractivity contribution in [2.45, 2.75) is 42.6 Å². The van der Waals surface area contributed by atoms with Gasteiger partial charge in [-0.05, 0) is 25.7 Å². The average molecular weight is 379 g/mol. The molecule has 1 amide bonds. The van der Waals surface area contributed by atoms with Crippen LogP contribution in [0.2, 0.25) is 0 Å². The second-order valence-electron chi connectivity index (χ2n) is 6.88. The SMILES string of the molecule is CS(=O)(=O)c1cnc2ncnn2c1[C@@H]1CCCN(C(=O)[C@H]2CCCO2)C1. The minimum Gasteiger partial charge on any atom is -0.368 e. The number of carbonyl (C=O) groups is 1. The van der Waals surface area contributed by atoms with Gasteiger partial charge in [-0.1, -0.05) is 0 Å². The second-order valence-corrected chi connectivity index (χ2v) is 8.86. The number of hydrogen-bond acceptors (Lipinski definition) is 7. The molecule has 2 atom stereocenters. The third-order valence-electron chi connectivity index (χ3n) is 5.03. The van der Waals surface area contributed by atoms with Gasteiger partial charge in [-0.15, -0.1) is 0 Å². The smallest absolute Gasteiger partial charge is 0.252 e. The molecule has 0 bridgehead atoms. The molecule has 4 heterocycles. The second kappa shape index (κ2) is 6.58. The number of rotatable bonds is 3. The Morgan fingerprint density at radius 3 is 2.85 bits per heavy atom. The van der Waals surface area contributed by atoms with Gasteiger partial charge >= 0.3 is 0 Å². The van der Waals surface area contributed by atoms with Crippen LogP contribution < -0.4 is 0 Å². The van der Waals surface area contributed by atoms with E-state index in [1.807, 2.05) is 0 Å². The van der Waals surface area contributed by atoms with Crippen LogP contribution in [0.4, 0.5) is 0 Å². The molecule has 2 aromatic rings. The first-order valence-electron chi connectivity index (χ1n) is 8.74. The largest absolute Gasteiger partial charge is 0.368 e. The number of amides is 1. The molecule has 2 fully saturated rings. The van der Waals surface area contributed by atoms with Crippen molar-refractivity contribution in [1.29, 1.82) is 0 Å². The van der Waals surface area contributed by atoms with Crippen molar-refractivity contribution in [1.82, 2.24) is 24.5 Å². The van der Waals surface area contributed by atoms with E-state index in [1.54, 1.807) is 4.90 Å². The minimum atomic E-state index is -3.48. The van der Waals surface area contributed by atoms with Gasteiger partial charge in [0, 0.05) is 31.9 Å². The summed E-state index contributed by atoms with van der Waals surface area (Å²) in [5, 5.41) is 4.17. The lowest BCUT2D eigenvalue weighted by Gasteiger charge is -2.34. The molecule has 140 valence electrons. The van der Waals surface area contributed by atoms with Crippen LogP contribution in [0, 0.1) is 0 Å². The average Bonchev–Trinajstić information content (AvgIpc) is 3.30. The van der Waals surface area contributed by atoms with Gasteiger partial charge in [0.1, 0.15) is 17.3 Å². The fraction of sp³-hybridized carbons (Fsp3) is 0.625. The van der Waals surface area contributed by atoms with E-state index in [9.17, 15) is 13.2 Å². The molecule has 0 unspecified atom stereocenters. The summed E-state index contributed by atoms with van der Waals surface area (Å²) in [6.45, 7) is 1.73. The van der Waals surface area contributed by atoms with Gasteiger partial charge in [0.2, 0.25) is 0 Å². The van der Waals surface area contributed by atoms with Gasteiger partial charge in [-0.2, -0.15) is 14.6 Å². The Morgan fingerprint density at radius 2 is 2.12 bits per heavy atom. The molecule has 0 saturated carbocycles. The van der Waals surface area contributed by atoms with Crippen LogP contribution in [-0.2, 0) is 19.4 Å². The lowest BCUT2D eigenvalue weighted by molar-refractivity contribution is -0.142. The van der Waals surface area contributed by atoms with Crippen LogP contribution in [0.3, 0.4) is 0 Å². The van der Waals surface area contributed by atoms with Crippen molar-refractivity contribution < 1.29 is 17.9 Å². The summed E-state index contributed by atoms with van der Waals surface area (Å²) in [7, 11) is -3.48. The summed E-state index contributed by atoms with van der Waals surface area (Å²) in [4.78, 5) is 22.8. The maximum Gasteiger partial charge on any atom is 0.252 e. The number of nitrogens with zero attached hydrogens (tertiary/aromatic N) is 5. The number of ether oxygens (including phenoxy) is 1. The molecule has 26 heavy (non-hydrogen) atoms. The summed E-state index contributed by atoms with van der Waals surface area (Å²) in [6.07, 6.45) is 6.71. The number of hydrogen-bond donors (Lipinski definition) is 0. The molecule has 4 rings (SSSR count). The number of aromatic nitrogens is 4. The molecule has 0 radical (unpaired) electrons. The third-order valence-corrected chi connectivity index (χ3v) is 6.15. The fourth-order valence-corrected chi connectivity index (χ4v) is 4.69. The summed E-state index contributed by atoms with van der Waals surface area (Å²) in [6, 6.07) is 0. The first-order valence-corrected chi connectivity index (χ1v) is 10.6. The van der Waals surface area contributed by atoms with Gasteiger partial charge in [-0.25, -0.2) is 13.4 Å². The summed E-state index contributed by atoms with van der Waals surface area (Å²) in [5.74, 6) is 0.206. The Labute approximate surface area is 151 Å². The van der Waals surface area contributed by atoms with Gasteiger partial charge in [0.05, 0.1) is 11.9 Å². The van der Waals surface area contributed by atoms with E-state index in [1.165, 1.54) is 17.0 Å². The Morgan fingerprint density at radius 1 is 1.27 bits per heavy atom. The number of piperidine rings is 1. The molecule has 2 saturated heterocycles. The molecule has 0 aromatic carbocycles. The normalized spacial score (nSPS) is 24.3. The maximum absolute atomic E-state index is 12.7. The molecule has 2 aliphatic rings. The lowest BCUT2D eigenvalue weighted by atomic mass is 9.94. The summed E-state index contributed by atoms with van der Waals surface area (Å²) < 4.78 is 31.6. The molecular weight excluding hydrogens is 358 g/mol. The fourth-order valence-electron chi connectivity index (χ4n) is 3.82. The zero-order chi connectivity index (χ0) is 18.3. The van der Waals surface area contributed by atoms with Crippen molar-refractivity contribution in [3.8, 4) is 0 Å². The molecule has 2 aliphatic heterocycles. The van der Waals surface area contributed by atoms with E-state index in [-0.39, 0.29) is 22.8 Å². The van der Waals surface area contributed by atoms with Gasteiger partial charge in [0.15, 0.2) is 9.84 Å². The highest BCUT2D eigenvalue weighted by Crippen LogP contribution is 2.32. The van der Waals surface area contributed by atoms with Gasteiger partial charge < -0.3 is 9.64 Å². The molecular formula is C16H21N5O4S. The minimum absolute atomic E-state index is 0.00278. The highest BCUT2D eigenvalue weighted by molar-refractivity contribution is 7.90. The Balaban J connectivity index is 1.70. The first kappa shape index (κ1) is 17.3. The van der Waals surface area contributed by atoms with Gasteiger partial charge in [0.25, 0.3) is 11.7 Å². The summed E-state index contributed by atoms with van der Waals surface area (Å²) >= 11 is 0. The van der Waals surface area contributed by atoms with E-state index < -0.39 is 9.84 Å². The van der Waals surface area contributed by atoms with Gasteiger partial charge in [-0.3, -0.25) is 4.79 Å². The van der Waals surface area contributed by atoms with Crippen LogP contribution in [0.15, 0.2) is 17.4 Å². The number of carbonyl (C=O) groups excluding carboxylic acids is 1. The van der Waals surface area contributed by atoms with Crippen LogP contribution in [0.5, 0.6) is 0 Å². The predicted molar refractivity (Wildman–Crippen MR) is 91.4 cm³/mol. The predicted octanol–water partition coefficient (Wildman–Crippen LogP) is 0.413. The molecule has 0 spiro atoms. The summed E-state index contributed by atoms with van der Waals surface area (Å²) in [5.41, 5.74) is 0.555. The van der Waals surface area contributed by atoms with Crippen molar-refractivity contribution >= 4 is 21.5 Å². The van der Waals surface area contributed by atoms with Crippen molar-refractivity contribution in [2.75, 3.05) is 26.0 Å². The zero-order valence-electron chi connectivity index (χ0n) is 14.5. The van der Waals surface area contributed by atoms with Crippen molar-refractivity contribution in [2.24, 2.45) is 0 Å². The highest BCUT2D eigenvalue weighted by Gasteiger charge is 2.34. The van der Waals surface area contributed by atoms with E-state index in [2.05, 4.69) is 15.1 Å². The third kappa shape index (κ3) is 3.07. The van der Waals surface area contributed by atoms with Crippen LogP contribution >= 0.6 is 0 Å². The van der Waals surface area contributed by atoms with E-state index in [0.717, 1.165) is 31.9 Å². The van der Waals surface area contributed by atoms with E-state index in [4.69, 9.17) is 4.74 Å². The standard InChI is InChI=1S/C16H21N5O4S/c1-26(23,24)13-8-17-16-18-10-19-21(16)14(13)11-4-2-6-20(9-11)15(22)12-5-3-7-25-12/h8,10-12H,2-7,9H2,1H3/t11-,12-/m1/s1. The van der Waals surface area contributed by atoms with Crippen molar-refractivity contribution in [3.63, 3.8) is 0 Å². The molecule has 2 aromatic heterocycles. The molecule has 10 heteroatoms. The van der Waals surface area contributed by atoms with Crippen molar-refractivity contribution in [3.05, 3.63) is 18.2 Å². The van der Waals surface area contributed by atoms with E-state index in [0.29, 0.717) is 31.2 Å². The monoisotopic (exact) mass is 379 g/mol. The quantitative estimate of drug-likeness (QED) is 0.760. The zero-order valence-corrected chi connectivity index (χ0v) is 15.4. The van der Waals surface area contributed by atoms with Crippen LogP contribution in [0.25, 0.3) is 5.78 Å². The Kier molecular flexibility index (Phi) is 4.39. The number of fused-ring (bicyclic) bond motifs is 1. The number of likely N-dealkylation sites (tertiary alicyclic amines) is 1. The van der Waals surface area contributed by atoms with Crippen LogP contribution in [-0.4, -0.2) is 70.9 Å². The number of sulfone groups is 1. The van der Waals surface area contributed by atoms with Crippen LogP contribution in [0.1, 0.15) is 37.3 Å². The molecule has 0 aliphatic carbocycles. The topological polar surface area (TPSA) is 107 Å². The maximum atomic E-state index is 12.7. The first-order chi connectivity index (χ1) is 12.4. The van der Waals surface area contributed by atoms with E-state index >= 15 is 0 Å². The molecule has 0 N–H and O–H groups in total.